The third kappa shape index (κ3) is 4.21. The van der Waals surface area contributed by atoms with E-state index in [9.17, 15) is 13.2 Å². The van der Waals surface area contributed by atoms with Gasteiger partial charge in [0.25, 0.3) is 5.91 Å². The fourth-order valence-corrected chi connectivity index (χ4v) is 3.86. The van der Waals surface area contributed by atoms with Crippen LogP contribution < -0.4 is 5.32 Å². The number of nitrogens with one attached hydrogen (secondary N) is 1. The smallest absolute Gasteiger partial charge is 0.259 e. The number of pyridine rings is 1. The summed E-state index contributed by atoms with van der Waals surface area (Å²) < 4.78 is 25.4. The molecular formula is C18H18N4O3S2. The molecule has 0 radical (unpaired) electrons. The maximum Gasteiger partial charge on any atom is 0.259 e. The zero-order valence-corrected chi connectivity index (χ0v) is 16.6. The van der Waals surface area contributed by atoms with E-state index in [2.05, 4.69) is 15.3 Å². The van der Waals surface area contributed by atoms with Gasteiger partial charge in [-0.1, -0.05) is 12.1 Å². The number of sulfonamides is 1. The summed E-state index contributed by atoms with van der Waals surface area (Å²) in [4.78, 5) is 21.0. The molecule has 7 nitrogen and oxygen atoms in total. The van der Waals surface area contributed by atoms with Crippen molar-refractivity contribution in [1.82, 2.24) is 14.3 Å². The molecule has 0 aliphatic carbocycles. The number of anilines is 1. The first-order chi connectivity index (χ1) is 12.8. The van der Waals surface area contributed by atoms with Gasteiger partial charge in [-0.25, -0.2) is 17.7 Å². The van der Waals surface area contributed by atoms with E-state index in [1.165, 1.54) is 35.9 Å². The van der Waals surface area contributed by atoms with Crippen LogP contribution in [0.2, 0.25) is 0 Å². The topological polar surface area (TPSA) is 92.3 Å². The number of aryl methyl sites for hydroxylation is 1. The van der Waals surface area contributed by atoms with Gasteiger partial charge in [-0.15, -0.1) is 11.3 Å². The van der Waals surface area contributed by atoms with Crippen molar-refractivity contribution < 1.29 is 13.2 Å². The van der Waals surface area contributed by atoms with E-state index < -0.39 is 10.0 Å². The lowest BCUT2D eigenvalue weighted by Gasteiger charge is -2.11. The van der Waals surface area contributed by atoms with Crippen LogP contribution >= 0.6 is 11.3 Å². The van der Waals surface area contributed by atoms with Crippen molar-refractivity contribution in [3.05, 3.63) is 59.2 Å². The van der Waals surface area contributed by atoms with E-state index in [-0.39, 0.29) is 10.8 Å². The molecule has 9 heteroatoms. The highest BCUT2D eigenvalue weighted by atomic mass is 32.2. The van der Waals surface area contributed by atoms with Gasteiger partial charge in [0.2, 0.25) is 10.0 Å². The number of amides is 1. The molecule has 1 N–H and O–H groups in total. The largest absolute Gasteiger partial charge is 0.298 e. The van der Waals surface area contributed by atoms with Crippen LogP contribution in [-0.2, 0) is 10.0 Å². The predicted octanol–water partition coefficient (Wildman–Crippen LogP) is 3.02. The molecule has 2 aromatic heterocycles. The standard InChI is InChI=1S/C18H18N4O3S2/c1-12-4-5-14(10-19-12)17(23)21-18-20-16(11-26-18)13-6-8-15(9-7-13)27(24,25)22(2)3/h4-11H,1-3H3,(H,20,21,23). The fraction of sp³-hybridized carbons (Fsp3) is 0.167. The van der Waals surface area contributed by atoms with Crippen molar-refractivity contribution in [1.29, 1.82) is 0 Å². The molecule has 3 aromatic rings. The lowest BCUT2D eigenvalue weighted by molar-refractivity contribution is 0.102. The van der Waals surface area contributed by atoms with Gasteiger partial charge >= 0.3 is 0 Å². The van der Waals surface area contributed by atoms with E-state index in [1.54, 1.807) is 41.8 Å². The maximum atomic E-state index is 12.2. The van der Waals surface area contributed by atoms with Crippen molar-refractivity contribution >= 4 is 32.4 Å². The fourth-order valence-electron chi connectivity index (χ4n) is 2.24. The highest BCUT2D eigenvalue weighted by Crippen LogP contribution is 2.26. The van der Waals surface area contributed by atoms with Crippen LogP contribution in [0, 0.1) is 6.92 Å². The molecule has 0 spiro atoms. The van der Waals surface area contributed by atoms with Gasteiger partial charge in [0.15, 0.2) is 5.13 Å². The van der Waals surface area contributed by atoms with Gasteiger partial charge in [-0.05, 0) is 31.2 Å². The van der Waals surface area contributed by atoms with Crippen LogP contribution in [0.25, 0.3) is 11.3 Å². The van der Waals surface area contributed by atoms with Crippen LogP contribution in [0.15, 0.2) is 52.9 Å². The second kappa shape index (κ2) is 7.55. The molecule has 0 unspecified atom stereocenters. The molecule has 1 aromatic carbocycles. The number of benzene rings is 1. The normalized spacial score (nSPS) is 11.6. The molecule has 0 bridgehead atoms. The van der Waals surface area contributed by atoms with Crippen molar-refractivity contribution in [3.8, 4) is 11.3 Å². The molecule has 0 aliphatic rings. The van der Waals surface area contributed by atoms with Gasteiger partial charge < -0.3 is 0 Å². The Labute approximate surface area is 161 Å². The molecule has 1 amide bonds. The van der Waals surface area contributed by atoms with Gasteiger partial charge in [-0.3, -0.25) is 15.1 Å². The van der Waals surface area contributed by atoms with Gasteiger partial charge in [0, 0.05) is 36.9 Å². The Morgan fingerprint density at radius 1 is 1.11 bits per heavy atom. The average molecular weight is 403 g/mol. The number of carbonyl (C=O) groups is 1. The maximum absolute atomic E-state index is 12.2. The summed E-state index contributed by atoms with van der Waals surface area (Å²) in [7, 11) is -0.491. The molecular weight excluding hydrogens is 384 g/mol. The summed E-state index contributed by atoms with van der Waals surface area (Å²) in [5.74, 6) is -0.282. The van der Waals surface area contributed by atoms with E-state index in [0.717, 1.165) is 11.3 Å². The summed E-state index contributed by atoms with van der Waals surface area (Å²) in [5, 5.41) is 5.01. The van der Waals surface area contributed by atoms with Crippen molar-refractivity contribution in [2.75, 3.05) is 19.4 Å². The molecule has 0 aliphatic heterocycles. The van der Waals surface area contributed by atoms with Crippen LogP contribution in [0.1, 0.15) is 16.1 Å². The number of thiazole rings is 1. The molecule has 27 heavy (non-hydrogen) atoms. The Morgan fingerprint density at radius 3 is 2.41 bits per heavy atom. The Bertz CT molecular complexity index is 1060. The van der Waals surface area contributed by atoms with Crippen molar-refractivity contribution in [2.24, 2.45) is 0 Å². The molecule has 140 valence electrons. The first kappa shape index (κ1) is 19.2. The highest BCUT2D eigenvalue weighted by Gasteiger charge is 2.17. The zero-order valence-electron chi connectivity index (χ0n) is 15.0. The molecule has 0 saturated heterocycles. The van der Waals surface area contributed by atoms with Gasteiger partial charge in [0.05, 0.1) is 16.2 Å². The molecule has 0 saturated carbocycles. The van der Waals surface area contributed by atoms with E-state index in [4.69, 9.17) is 0 Å². The third-order valence-electron chi connectivity index (χ3n) is 3.83. The van der Waals surface area contributed by atoms with Crippen LogP contribution in [0.4, 0.5) is 5.13 Å². The monoisotopic (exact) mass is 402 g/mol. The lowest BCUT2D eigenvalue weighted by atomic mass is 10.2. The van der Waals surface area contributed by atoms with Crippen LogP contribution in [-0.4, -0.2) is 42.7 Å². The molecule has 2 heterocycles. The Kier molecular flexibility index (Phi) is 5.36. The Balaban J connectivity index is 1.76. The third-order valence-corrected chi connectivity index (χ3v) is 6.41. The minimum Gasteiger partial charge on any atom is -0.298 e. The summed E-state index contributed by atoms with van der Waals surface area (Å²) in [6.07, 6.45) is 1.52. The van der Waals surface area contributed by atoms with E-state index >= 15 is 0 Å². The summed E-state index contributed by atoms with van der Waals surface area (Å²) >= 11 is 1.30. The average Bonchev–Trinajstić information content (AvgIpc) is 3.10. The second-order valence-electron chi connectivity index (χ2n) is 5.99. The first-order valence-corrected chi connectivity index (χ1v) is 10.3. The Morgan fingerprint density at radius 2 is 1.81 bits per heavy atom. The summed E-state index contributed by atoms with van der Waals surface area (Å²) in [6.45, 7) is 1.85. The summed E-state index contributed by atoms with van der Waals surface area (Å²) in [6, 6.07) is 9.95. The second-order valence-corrected chi connectivity index (χ2v) is 9.00. The number of hydrogen-bond acceptors (Lipinski definition) is 6. The van der Waals surface area contributed by atoms with Gasteiger partial charge in [0.1, 0.15) is 0 Å². The zero-order chi connectivity index (χ0) is 19.6. The number of aromatic nitrogens is 2. The van der Waals surface area contributed by atoms with Crippen molar-refractivity contribution in [3.63, 3.8) is 0 Å². The van der Waals surface area contributed by atoms with Crippen molar-refractivity contribution in [2.45, 2.75) is 11.8 Å². The highest BCUT2D eigenvalue weighted by molar-refractivity contribution is 7.89. The number of hydrogen-bond donors (Lipinski definition) is 1. The number of carbonyl (C=O) groups excluding carboxylic acids is 1. The SMILES string of the molecule is Cc1ccc(C(=O)Nc2nc(-c3ccc(S(=O)(=O)N(C)C)cc3)cs2)cn1. The minimum atomic E-state index is -3.47. The number of rotatable bonds is 5. The quantitative estimate of drug-likeness (QED) is 0.708. The summed E-state index contributed by atoms with van der Waals surface area (Å²) in [5.41, 5.74) is 2.71. The lowest BCUT2D eigenvalue weighted by Crippen LogP contribution is -2.22. The first-order valence-electron chi connectivity index (χ1n) is 8.00. The van der Waals surface area contributed by atoms with Crippen LogP contribution in [0.5, 0.6) is 0 Å². The van der Waals surface area contributed by atoms with E-state index in [0.29, 0.717) is 16.4 Å². The minimum absolute atomic E-state index is 0.215. The molecule has 3 rings (SSSR count). The Hall–Kier alpha value is -2.62. The molecule has 0 atom stereocenters. The number of nitrogens with zero attached hydrogens (tertiary/aromatic N) is 3. The molecule has 0 fully saturated rings. The van der Waals surface area contributed by atoms with E-state index in [1.807, 2.05) is 6.92 Å². The van der Waals surface area contributed by atoms with Crippen LogP contribution in [0.3, 0.4) is 0 Å². The predicted molar refractivity (Wildman–Crippen MR) is 105 cm³/mol. The van der Waals surface area contributed by atoms with Gasteiger partial charge in [-0.2, -0.15) is 0 Å².